The fourth-order valence-electron chi connectivity index (χ4n) is 1.31. The molecule has 1 aromatic rings. The average molecular weight is 203 g/mol. The highest BCUT2D eigenvalue weighted by Crippen LogP contribution is 2.29. The zero-order valence-corrected chi connectivity index (χ0v) is 7.75. The predicted molar refractivity (Wildman–Crippen MR) is 48.9 cm³/mol. The van der Waals surface area contributed by atoms with Crippen LogP contribution in [-0.2, 0) is 0 Å². The van der Waals surface area contributed by atoms with Crippen molar-refractivity contribution in [1.82, 2.24) is 0 Å². The van der Waals surface area contributed by atoms with E-state index in [0.717, 1.165) is 0 Å². The van der Waals surface area contributed by atoms with Crippen molar-refractivity contribution in [3.05, 3.63) is 35.4 Å². The van der Waals surface area contributed by atoms with Crippen molar-refractivity contribution in [3.8, 4) is 0 Å². The Bertz CT molecular complexity index is 299. The minimum Gasteiger partial charge on any atom is -0.324 e. The second kappa shape index (κ2) is 4.46. The summed E-state index contributed by atoms with van der Waals surface area (Å²) in [5.41, 5.74) is 5.96. The summed E-state index contributed by atoms with van der Waals surface area (Å²) in [7, 11) is 0. The molecular formula is C10H12F3N. The molecule has 2 N–H and O–H groups in total. The summed E-state index contributed by atoms with van der Waals surface area (Å²) in [5.74, 6) is 0. The van der Waals surface area contributed by atoms with E-state index < -0.39 is 18.6 Å². The topological polar surface area (TPSA) is 26.0 Å². The van der Waals surface area contributed by atoms with Gasteiger partial charge in [-0.25, -0.2) is 13.2 Å². The van der Waals surface area contributed by atoms with Gasteiger partial charge >= 0.3 is 0 Å². The molecule has 0 spiro atoms. The first-order valence-electron chi connectivity index (χ1n) is 4.30. The van der Waals surface area contributed by atoms with Gasteiger partial charge in [0, 0.05) is 6.04 Å². The average Bonchev–Trinajstić information content (AvgIpc) is 2.16. The van der Waals surface area contributed by atoms with Crippen LogP contribution in [0.2, 0.25) is 0 Å². The minimum atomic E-state index is -3.00. The van der Waals surface area contributed by atoms with Gasteiger partial charge in [0.25, 0.3) is 6.43 Å². The molecule has 0 fully saturated rings. The normalized spacial score (nSPS) is 15.6. The Morgan fingerprint density at radius 3 is 2.00 bits per heavy atom. The highest BCUT2D eigenvalue weighted by molar-refractivity contribution is 5.31. The Balaban J connectivity index is 3.06. The smallest absolute Gasteiger partial charge is 0.273 e. The third-order valence-corrected chi connectivity index (χ3v) is 2.00. The van der Waals surface area contributed by atoms with Gasteiger partial charge in [-0.2, -0.15) is 0 Å². The molecule has 0 aromatic heterocycles. The fourth-order valence-corrected chi connectivity index (χ4v) is 1.31. The van der Waals surface area contributed by atoms with Crippen molar-refractivity contribution < 1.29 is 13.2 Å². The van der Waals surface area contributed by atoms with Crippen LogP contribution in [-0.4, -0.2) is 6.43 Å². The van der Waals surface area contributed by atoms with Gasteiger partial charge in [0.15, 0.2) is 6.17 Å². The van der Waals surface area contributed by atoms with Crippen LogP contribution < -0.4 is 5.73 Å². The van der Waals surface area contributed by atoms with Gasteiger partial charge in [-0.3, -0.25) is 0 Å². The number of benzene rings is 1. The molecule has 0 heterocycles. The largest absolute Gasteiger partial charge is 0.324 e. The van der Waals surface area contributed by atoms with Gasteiger partial charge < -0.3 is 5.73 Å². The SMILES string of the molecule is CC(N)c1ccccc1C(F)C(F)F. The lowest BCUT2D eigenvalue weighted by Gasteiger charge is -2.15. The second-order valence-corrected chi connectivity index (χ2v) is 3.15. The molecule has 0 saturated heterocycles. The van der Waals surface area contributed by atoms with Gasteiger partial charge in [0.2, 0.25) is 0 Å². The predicted octanol–water partition coefficient (Wildman–Crippen LogP) is 2.98. The molecule has 0 radical (unpaired) electrons. The molecule has 14 heavy (non-hydrogen) atoms. The van der Waals surface area contributed by atoms with Crippen LogP contribution in [0.5, 0.6) is 0 Å². The summed E-state index contributed by atoms with van der Waals surface area (Å²) in [6, 6.07) is 5.64. The lowest BCUT2D eigenvalue weighted by molar-refractivity contribution is 0.0489. The van der Waals surface area contributed by atoms with E-state index in [9.17, 15) is 13.2 Å². The molecule has 0 amide bonds. The molecule has 4 heteroatoms. The van der Waals surface area contributed by atoms with Crippen molar-refractivity contribution in [2.75, 3.05) is 0 Å². The highest BCUT2D eigenvalue weighted by Gasteiger charge is 2.24. The van der Waals surface area contributed by atoms with Crippen LogP contribution in [0, 0.1) is 0 Å². The lowest BCUT2D eigenvalue weighted by atomic mass is 9.99. The Labute approximate surface area is 80.7 Å². The number of halogens is 3. The maximum atomic E-state index is 13.1. The molecule has 1 rings (SSSR count). The van der Waals surface area contributed by atoms with Crippen LogP contribution >= 0.6 is 0 Å². The zero-order valence-electron chi connectivity index (χ0n) is 7.75. The van der Waals surface area contributed by atoms with Crippen LogP contribution in [0.15, 0.2) is 24.3 Å². The van der Waals surface area contributed by atoms with E-state index in [2.05, 4.69) is 0 Å². The van der Waals surface area contributed by atoms with Gasteiger partial charge in [-0.15, -0.1) is 0 Å². The number of rotatable bonds is 3. The minimum absolute atomic E-state index is 0.0162. The first-order valence-corrected chi connectivity index (χ1v) is 4.30. The maximum Gasteiger partial charge on any atom is 0.273 e. The van der Waals surface area contributed by atoms with Crippen molar-refractivity contribution in [2.24, 2.45) is 5.73 Å². The van der Waals surface area contributed by atoms with Crippen molar-refractivity contribution >= 4 is 0 Å². The standard InChI is InChI=1S/C10H12F3N/c1-6(14)7-4-2-3-5-8(7)9(11)10(12)13/h2-6,9-10H,14H2,1H3. The summed E-state index contributed by atoms with van der Waals surface area (Å²) in [6.45, 7) is 1.64. The van der Waals surface area contributed by atoms with E-state index >= 15 is 0 Å². The van der Waals surface area contributed by atoms with Gasteiger partial charge in [-0.1, -0.05) is 24.3 Å². The Morgan fingerprint density at radius 2 is 1.57 bits per heavy atom. The summed E-state index contributed by atoms with van der Waals surface area (Å²) < 4.78 is 37.4. The Kier molecular flexibility index (Phi) is 3.52. The third kappa shape index (κ3) is 2.26. The number of hydrogen-bond donors (Lipinski definition) is 1. The molecular weight excluding hydrogens is 191 g/mol. The van der Waals surface area contributed by atoms with E-state index in [1.807, 2.05) is 0 Å². The number of alkyl halides is 3. The molecule has 0 aliphatic rings. The molecule has 0 aliphatic carbocycles. The van der Waals surface area contributed by atoms with Crippen LogP contribution in [0.4, 0.5) is 13.2 Å². The van der Waals surface area contributed by atoms with E-state index in [1.54, 1.807) is 19.1 Å². The molecule has 0 aliphatic heterocycles. The van der Waals surface area contributed by atoms with Crippen LogP contribution in [0.1, 0.15) is 30.3 Å². The Morgan fingerprint density at radius 1 is 1.07 bits per heavy atom. The van der Waals surface area contributed by atoms with Crippen LogP contribution in [0.25, 0.3) is 0 Å². The first-order chi connectivity index (χ1) is 6.54. The second-order valence-electron chi connectivity index (χ2n) is 3.15. The van der Waals surface area contributed by atoms with E-state index in [0.29, 0.717) is 5.56 Å². The first kappa shape index (κ1) is 11.0. The van der Waals surface area contributed by atoms with Crippen molar-refractivity contribution in [1.29, 1.82) is 0 Å². The lowest BCUT2D eigenvalue weighted by Crippen LogP contribution is -2.12. The van der Waals surface area contributed by atoms with E-state index in [-0.39, 0.29) is 5.56 Å². The Hall–Kier alpha value is -1.03. The summed E-state index contributed by atoms with van der Waals surface area (Å²) in [4.78, 5) is 0. The zero-order chi connectivity index (χ0) is 10.7. The molecule has 1 aromatic carbocycles. The summed E-state index contributed by atoms with van der Waals surface area (Å²) in [5, 5.41) is 0. The van der Waals surface area contributed by atoms with Gasteiger partial charge in [0.1, 0.15) is 0 Å². The molecule has 0 bridgehead atoms. The van der Waals surface area contributed by atoms with E-state index in [4.69, 9.17) is 5.73 Å². The molecule has 0 saturated carbocycles. The molecule has 78 valence electrons. The maximum absolute atomic E-state index is 13.1. The highest BCUT2D eigenvalue weighted by atomic mass is 19.3. The fraction of sp³-hybridized carbons (Fsp3) is 0.400. The number of nitrogens with two attached hydrogens (primary N) is 1. The summed E-state index contributed by atoms with van der Waals surface area (Å²) in [6.07, 6.45) is -5.26. The van der Waals surface area contributed by atoms with Crippen molar-refractivity contribution in [3.63, 3.8) is 0 Å². The van der Waals surface area contributed by atoms with Crippen LogP contribution in [0.3, 0.4) is 0 Å². The van der Waals surface area contributed by atoms with Gasteiger partial charge in [-0.05, 0) is 18.1 Å². The van der Waals surface area contributed by atoms with E-state index in [1.165, 1.54) is 12.1 Å². The number of hydrogen-bond acceptors (Lipinski definition) is 1. The third-order valence-electron chi connectivity index (χ3n) is 2.00. The quantitative estimate of drug-likeness (QED) is 0.802. The molecule has 2 unspecified atom stereocenters. The molecule has 2 atom stereocenters. The molecule has 1 nitrogen and oxygen atoms in total. The van der Waals surface area contributed by atoms with Gasteiger partial charge in [0.05, 0.1) is 0 Å². The monoisotopic (exact) mass is 203 g/mol. The summed E-state index contributed by atoms with van der Waals surface area (Å²) >= 11 is 0. The van der Waals surface area contributed by atoms with Crippen molar-refractivity contribution in [2.45, 2.75) is 25.6 Å².